The van der Waals surface area contributed by atoms with Crippen LogP contribution in [0.4, 0.5) is 0 Å². The van der Waals surface area contributed by atoms with Crippen molar-refractivity contribution in [3.05, 3.63) is 73.9 Å². The minimum Gasteiger partial charge on any atom is -0.462 e. The van der Waals surface area contributed by atoms with E-state index in [1.54, 1.807) is 44.2 Å². The second kappa shape index (κ2) is 12.2. The van der Waals surface area contributed by atoms with E-state index in [2.05, 4.69) is 15.1 Å². The number of aromatic nitrogens is 2. The van der Waals surface area contributed by atoms with Crippen molar-refractivity contribution in [2.45, 2.75) is 57.1 Å². The van der Waals surface area contributed by atoms with Gasteiger partial charge in [0.05, 0.1) is 12.7 Å². The predicted molar refractivity (Wildman–Crippen MR) is 136 cm³/mol. The molecule has 0 amide bonds. The number of ether oxygens (including phenoxy) is 2. The van der Waals surface area contributed by atoms with Gasteiger partial charge in [-0.15, -0.1) is 0 Å². The standard InChI is InChI=1S/C21H27N6O9PS/c1-12(2)34-19(31)13(3)24-37(38,36-14-7-5-4-6-8-14)33-11-21(25-26-22)17(30)16(29)18(35-21)27-10-9-15(28)23-20(27)32/h4-10,12-13,16-18,29-30H,11H2,1-3H3,(H,24,38)(H,23,28,32)/t13-,16+,17-,18+,21+,37?/m0/s1. The van der Waals surface area contributed by atoms with Crippen LogP contribution < -0.4 is 20.9 Å². The number of hydrogen-bond donors (Lipinski definition) is 4. The van der Waals surface area contributed by atoms with Gasteiger partial charge in [-0.05, 0) is 50.2 Å². The van der Waals surface area contributed by atoms with Crippen LogP contribution in [0, 0.1) is 0 Å². The Kier molecular flexibility index (Phi) is 9.46. The molecule has 6 atom stereocenters. The molecule has 2 heterocycles. The number of nitrogens with one attached hydrogen (secondary N) is 2. The van der Waals surface area contributed by atoms with Crippen molar-refractivity contribution in [3.8, 4) is 5.75 Å². The number of aliphatic hydroxyl groups is 2. The molecular weight excluding hydrogens is 543 g/mol. The molecule has 206 valence electrons. The number of aromatic amines is 1. The molecule has 1 saturated heterocycles. The minimum absolute atomic E-state index is 0.288. The Labute approximate surface area is 221 Å². The summed E-state index contributed by atoms with van der Waals surface area (Å²) in [7, 11) is 0. The number of H-pyrrole nitrogens is 1. The SMILES string of the molecule is CC(C)OC(=O)[C@H](C)NP(=S)(OC[C@@]1(N=[N+]=[N-])O[C@@H](n2ccc(=O)[nH]c2=O)[C@H](O)[C@@H]1O)Oc1ccccc1. The summed E-state index contributed by atoms with van der Waals surface area (Å²) < 4.78 is 23.4. The van der Waals surface area contributed by atoms with Crippen LogP contribution in [0.3, 0.4) is 0 Å². The molecule has 38 heavy (non-hydrogen) atoms. The lowest BCUT2D eigenvalue weighted by molar-refractivity contribution is -0.149. The Balaban J connectivity index is 1.91. The Hall–Kier alpha value is -3.07. The first-order valence-electron chi connectivity index (χ1n) is 11.3. The van der Waals surface area contributed by atoms with Crippen LogP contribution in [-0.2, 0) is 30.6 Å². The van der Waals surface area contributed by atoms with Crippen molar-refractivity contribution < 1.29 is 33.5 Å². The van der Waals surface area contributed by atoms with Gasteiger partial charge in [0.15, 0.2) is 6.23 Å². The largest absolute Gasteiger partial charge is 0.462 e. The number of aliphatic hydroxyl groups excluding tert-OH is 2. The first-order valence-corrected chi connectivity index (χ1v) is 13.9. The maximum Gasteiger partial charge on any atom is 0.330 e. The Bertz CT molecular complexity index is 1350. The van der Waals surface area contributed by atoms with Gasteiger partial charge in [0, 0.05) is 17.2 Å². The molecule has 2 aromatic rings. The van der Waals surface area contributed by atoms with Gasteiger partial charge in [0.25, 0.3) is 5.56 Å². The van der Waals surface area contributed by atoms with E-state index in [1.807, 2.05) is 4.98 Å². The van der Waals surface area contributed by atoms with Gasteiger partial charge in [-0.3, -0.25) is 19.1 Å². The summed E-state index contributed by atoms with van der Waals surface area (Å²) in [4.78, 5) is 40.8. The normalized spacial score (nSPS) is 25.3. The fourth-order valence-corrected chi connectivity index (χ4v) is 5.84. The molecule has 1 aliphatic rings. The Morgan fingerprint density at radius 3 is 2.61 bits per heavy atom. The number of rotatable bonds is 11. The second-order valence-corrected chi connectivity index (χ2v) is 11.6. The highest BCUT2D eigenvalue weighted by Gasteiger charge is 2.56. The van der Waals surface area contributed by atoms with E-state index in [-0.39, 0.29) is 5.75 Å². The van der Waals surface area contributed by atoms with Gasteiger partial charge in [0.1, 0.15) is 24.0 Å². The van der Waals surface area contributed by atoms with Crippen molar-refractivity contribution >= 4 is 24.4 Å². The number of carbonyl (C=O) groups excluding carboxylic acids is 1. The van der Waals surface area contributed by atoms with E-state index in [9.17, 15) is 30.1 Å². The van der Waals surface area contributed by atoms with Crippen LogP contribution >= 0.6 is 6.64 Å². The number of para-hydroxylation sites is 1. The fraction of sp³-hybridized carbons (Fsp3) is 0.476. The average Bonchev–Trinajstić information content (AvgIpc) is 3.09. The maximum absolute atomic E-state index is 12.4. The Morgan fingerprint density at radius 2 is 2.00 bits per heavy atom. The van der Waals surface area contributed by atoms with Crippen LogP contribution in [0.1, 0.15) is 27.0 Å². The van der Waals surface area contributed by atoms with E-state index in [1.165, 1.54) is 6.92 Å². The fourth-order valence-electron chi connectivity index (χ4n) is 3.44. The average molecular weight is 571 g/mol. The molecule has 4 N–H and O–H groups in total. The molecule has 1 unspecified atom stereocenters. The monoisotopic (exact) mass is 570 g/mol. The number of hydrogen-bond acceptors (Lipinski definition) is 11. The lowest BCUT2D eigenvalue weighted by atomic mass is 10.1. The molecule has 0 aliphatic carbocycles. The zero-order chi connectivity index (χ0) is 28.1. The van der Waals surface area contributed by atoms with E-state index in [4.69, 9.17) is 30.3 Å². The summed E-state index contributed by atoms with van der Waals surface area (Å²) in [5.74, 6) is -0.347. The number of benzene rings is 1. The highest BCUT2D eigenvalue weighted by molar-refractivity contribution is 8.09. The highest BCUT2D eigenvalue weighted by atomic mass is 32.5. The lowest BCUT2D eigenvalue weighted by Crippen LogP contribution is -2.45. The molecule has 0 radical (unpaired) electrons. The number of azide groups is 1. The van der Waals surface area contributed by atoms with Crippen molar-refractivity contribution in [2.75, 3.05) is 6.61 Å². The van der Waals surface area contributed by atoms with E-state index in [0.29, 0.717) is 0 Å². The first kappa shape index (κ1) is 29.5. The molecule has 1 aromatic heterocycles. The summed E-state index contributed by atoms with van der Waals surface area (Å²) in [6.07, 6.45) is -4.60. The summed E-state index contributed by atoms with van der Waals surface area (Å²) in [6, 6.07) is 8.30. The van der Waals surface area contributed by atoms with Gasteiger partial charge < -0.3 is 28.7 Å². The van der Waals surface area contributed by atoms with Crippen LogP contribution in [0.2, 0.25) is 0 Å². The summed E-state index contributed by atoms with van der Waals surface area (Å²) >= 11 is 5.61. The van der Waals surface area contributed by atoms with Gasteiger partial charge in [-0.25, -0.2) is 9.88 Å². The topological polar surface area (TPSA) is 210 Å². The quantitative estimate of drug-likeness (QED) is 0.0986. The zero-order valence-electron chi connectivity index (χ0n) is 20.5. The Morgan fingerprint density at radius 1 is 1.32 bits per heavy atom. The van der Waals surface area contributed by atoms with E-state index < -0.39 is 66.8 Å². The van der Waals surface area contributed by atoms with Crippen molar-refractivity contribution in [3.63, 3.8) is 0 Å². The second-order valence-electron chi connectivity index (χ2n) is 8.51. The maximum atomic E-state index is 12.4. The van der Waals surface area contributed by atoms with Crippen molar-refractivity contribution in [1.29, 1.82) is 0 Å². The minimum atomic E-state index is -3.66. The third kappa shape index (κ3) is 6.87. The molecule has 1 aromatic carbocycles. The van der Waals surface area contributed by atoms with Crippen LogP contribution in [0.5, 0.6) is 5.75 Å². The lowest BCUT2D eigenvalue weighted by Gasteiger charge is -2.31. The summed E-state index contributed by atoms with van der Waals surface area (Å²) in [5.41, 5.74) is 5.29. The molecule has 15 nitrogen and oxygen atoms in total. The predicted octanol–water partition coefficient (Wildman–Crippen LogP) is 1.04. The van der Waals surface area contributed by atoms with Gasteiger partial charge in [-0.2, -0.15) is 0 Å². The van der Waals surface area contributed by atoms with Gasteiger partial charge >= 0.3 is 18.3 Å². The zero-order valence-corrected chi connectivity index (χ0v) is 22.2. The van der Waals surface area contributed by atoms with Crippen molar-refractivity contribution in [1.82, 2.24) is 14.6 Å². The smallest absolute Gasteiger partial charge is 0.330 e. The number of carbonyl (C=O) groups is 1. The highest BCUT2D eigenvalue weighted by Crippen LogP contribution is 2.48. The number of esters is 1. The molecule has 1 aliphatic heterocycles. The molecule has 0 saturated carbocycles. The van der Waals surface area contributed by atoms with E-state index in [0.717, 1.165) is 16.8 Å². The third-order valence-corrected chi connectivity index (χ3v) is 7.69. The van der Waals surface area contributed by atoms with Gasteiger partial charge in [0.2, 0.25) is 5.72 Å². The van der Waals surface area contributed by atoms with E-state index >= 15 is 0 Å². The van der Waals surface area contributed by atoms with Crippen LogP contribution in [0.15, 0.2) is 57.3 Å². The van der Waals surface area contributed by atoms with Crippen LogP contribution in [-0.4, -0.2) is 62.4 Å². The molecule has 17 heteroatoms. The number of nitrogens with zero attached hydrogens (tertiary/aromatic N) is 4. The third-order valence-electron chi connectivity index (χ3n) is 5.21. The first-order chi connectivity index (χ1) is 17.9. The molecule has 0 spiro atoms. The summed E-state index contributed by atoms with van der Waals surface area (Å²) in [5, 5.41) is 27.7. The van der Waals surface area contributed by atoms with Crippen LogP contribution in [0.25, 0.3) is 10.4 Å². The molecule has 0 bridgehead atoms. The molecule has 3 rings (SSSR count). The molecular formula is C21H27N6O9PS. The van der Waals surface area contributed by atoms with Crippen molar-refractivity contribution in [2.24, 2.45) is 5.11 Å². The summed E-state index contributed by atoms with van der Waals surface area (Å²) in [6.45, 7) is 0.420. The van der Waals surface area contributed by atoms with Gasteiger partial charge in [-0.1, -0.05) is 23.3 Å². The molecule has 1 fully saturated rings.